The van der Waals surface area contributed by atoms with Gasteiger partial charge in [-0.25, -0.2) is 0 Å². The molecule has 1 saturated carbocycles. The molecular formula is C15H29N3O. The molecule has 4 atom stereocenters. The third-order valence-corrected chi connectivity index (χ3v) is 5.12. The summed E-state index contributed by atoms with van der Waals surface area (Å²) in [5, 5.41) is 0. The van der Waals surface area contributed by atoms with Crippen molar-refractivity contribution in [2.24, 2.45) is 17.6 Å². The highest BCUT2D eigenvalue weighted by Gasteiger charge is 2.33. The summed E-state index contributed by atoms with van der Waals surface area (Å²) in [5.41, 5.74) is 6.05. The van der Waals surface area contributed by atoms with Crippen molar-refractivity contribution in [2.75, 3.05) is 26.7 Å². The van der Waals surface area contributed by atoms with Crippen molar-refractivity contribution in [3.8, 4) is 0 Å². The molecule has 2 aliphatic rings. The molecule has 0 radical (unpaired) electrons. The zero-order valence-electron chi connectivity index (χ0n) is 12.6. The Balaban J connectivity index is 1.91. The number of likely N-dealkylation sites (N-methyl/N-ethyl adjacent to an activating group) is 1. The van der Waals surface area contributed by atoms with E-state index in [9.17, 15) is 4.79 Å². The lowest BCUT2D eigenvalue weighted by atomic mass is 9.78. The highest BCUT2D eigenvalue weighted by atomic mass is 16.2. The van der Waals surface area contributed by atoms with Crippen LogP contribution in [0.4, 0.5) is 0 Å². The first-order chi connectivity index (χ1) is 8.99. The SMILES string of the molecule is CC(C(=O)N1CCN(C)C(C)C1)C1CCCC(N)C1. The minimum atomic E-state index is 0.141. The van der Waals surface area contributed by atoms with Gasteiger partial charge in [-0.3, -0.25) is 4.79 Å². The maximum Gasteiger partial charge on any atom is 0.225 e. The highest BCUT2D eigenvalue weighted by Crippen LogP contribution is 2.30. The van der Waals surface area contributed by atoms with Crippen molar-refractivity contribution in [1.82, 2.24) is 9.80 Å². The van der Waals surface area contributed by atoms with E-state index in [1.54, 1.807) is 0 Å². The molecule has 0 aromatic carbocycles. The number of hydrogen-bond acceptors (Lipinski definition) is 3. The molecule has 2 N–H and O–H groups in total. The van der Waals surface area contributed by atoms with Crippen molar-refractivity contribution in [1.29, 1.82) is 0 Å². The highest BCUT2D eigenvalue weighted by molar-refractivity contribution is 5.79. The van der Waals surface area contributed by atoms with E-state index in [1.165, 1.54) is 12.8 Å². The molecule has 0 spiro atoms. The molecule has 2 rings (SSSR count). The minimum Gasteiger partial charge on any atom is -0.340 e. The Kier molecular flexibility index (Phi) is 4.85. The monoisotopic (exact) mass is 267 g/mol. The fourth-order valence-corrected chi connectivity index (χ4v) is 3.46. The lowest BCUT2D eigenvalue weighted by Crippen LogP contribution is -2.54. The van der Waals surface area contributed by atoms with E-state index in [2.05, 4.69) is 30.7 Å². The number of nitrogens with two attached hydrogens (primary N) is 1. The summed E-state index contributed by atoms with van der Waals surface area (Å²) in [4.78, 5) is 17.0. The average Bonchev–Trinajstić information content (AvgIpc) is 2.40. The molecular weight excluding hydrogens is 238 g/mol. The molecule has 2 fully saturated rings. The Morgan fingerprint density at radius 1 is 1.32 bits per heavy atom. The summed E-state index contributed by atoms with van der Waals surface area (Å²) in [7, 11) is 2.13. The van der Waals surface area contributed by atoms with Crippen LogP contribution in [-0.2, 0) is 4.79 Å². The van der Waals surface area contributed by atoms with Gasteiger partial charge in [0.25, 0.3) is 0 Å². The number of amides is 1. The smallest absolute Gasteiger partial charge is 0.225 e. The third kappa shape index (κ3) is 3.48. The van der Waals surface area contributed by atoms with Crippen LogP contribution in [-0.4, -0.2) is 54.5 Å². The fraction of sp³-hybridized carbons (Fsp3) is 0.933. The summed E-state index contributed by atoms with van der Waals surface area (Å²) in [6.07, 6.45) is 4.51. The zero-order chi connectivity index (χ0) is 14.0. The van der Waals surface area contributed by atoms with Crippen LogP contribution in [0.25, 0.3) is 0 Å². The van der Waals surface area contributed by atoms with E-state index >= 15 is 0 Å². The topological polar surface area (TPSA) is 49.6 Å². The normalized spacial score (nSPS) is 35.2. The maximum atomic E-state index is 12.6. The number of piperazine rings is 1. The predicted octanol–water partition coefficient (Wildman–Crippen LogP) is 1.30. The van der Waals surface area contributed by atoms with Crippen molar-refractivity contribution >= 4 is 5.91 Å². The standard InChI is InChI=1S/C15H29N3O/c1-11-10-18(8-7-17(11)3)15(19)12(2)13-5-4-6-14(16)9-13/h11-14H,4-10,16H2,1-3H3. The predicted molar refractivity (Wildman–Crippen MR) is 77.8 cm³/mol. The number of carbonyl (C=O) groups is 1. The Morgan fingerprint density at radius 3 is 2.68 bits per heavy atom. The number of carbonyl (C=O) groups excluding carboxylic acids is 1. The summed E-state index contributed by atoms with van der Waals surface area (Å²) in [5.74, 6) is 0.979. The first-order valence-corrected chi connectivity index (χ1v) is 7.73. The van der Waals surface area contributed by atoms with E-state index in [0.29, 0.717) is 23.9 Å². The van der Waals surface area contributed by atoms with Gasteiger partial charge in [0.1, 0.15) is 0 Å². The van der Waals surface area contributed by atoms with Crippen molar-refractivity contribution < 1.29 is 4.79 Å². The van der Waals surface area contributed by atoms with Crippen LogP contribution in [0.15, 0.2) is 0 Å². The van der Waals surface area contributed by atoms with Crippen LogP contribution in [0, 0.1) is 11.8 Å². The molecule has 0 bridgehead atoms. The molecule has 1 aliphatic carbocycles. The Bertz CT molecular complexity index is 321. The van der Waals surface area contributed by atoms with E-state index in [0.717, 1.165) is 32.5 Å². The second-order valence-electron chi connectivity index (χ2n) is 6.59. The summed E-state index contributed by atoms with van der Waals surface area (Å²) in [6.45, 7) is 7.04. The van der Waals surface area contributed by atoms with Gasteiger partial charge in [0, 0.05) is 37.6 Å². The van der Waals surface area contributed by atoms with Crippen LogP contribution >= 0.6 is 0 Å². The summed E-state index contributed by atoms with van der Waals surface area (Å²) in [6, 6.07) is 0.777. The molecule has 1 aliphatic heterocycles. The average molecular weight is 267 g/mol. The molecule has 4 heteroatoms. The van der Waals surface area contributed by atoms with Crippen LogP contribution in [0.1, 0.15) is 39.5 Å². The molecule has 1 saturated heterocycles. The van der Waals surface area contributed by atoms with Gasteiger partial charge >= 0.3 is 0 Å². The number of hydrogen-bond donors (Lipinski definition) is 1. The van der Waals surface area contributed by atoms with Gasteiger partial charge < -0.3 is 15.5 Å². The van der Waals surface area contributed by atoms with Gasteiger partial charge in [0.15, 0.2) is 0 Å². The van der Waals surface area contributed by atoms with Crippen LogP contribution in [0.3, 0.4) is 0 Å². The van der Waals surface area contributed by atoms with Gasteiger partial charge in [-0.1, -0.05) is 13.3 Å². The third-order valence-electron chi connectivity index (χ3n) is 5.12. The summed E-state index contributed by atoms with van der Waals surface area (Å²) >= 11 is 0. The van der Waals surface area contributed by atoms with Gasteiger partial charge in [-0.2, -0.15) is 0 Å². The first-order valence-electron chi connectivity index (χ1n) is 7.73. The zero-order valence-corrected chi connectivity index (χ0v) is 12.6. The second-order valence-corrected chi connectivity index (χ2v) is 6.59. The molecule has 0 aromatic rings. The Morgan fingerprint density at radius 2 is 2.05 bits per heavy atom. The summed E-state index contributed by atoms with van der Waals surface area (Å²) < 4.78 is 0. The van der Waals surface area contributed by atoms with E-state index < -0.39 is 0 Å². The van der Waals surface area contributed by atoms with Crippen LogP contribution < -0.4 is 5.73 Å². The van der Waals surface area contributed by atoms with Crippen molar-refractivity contribution in [3.05, 3.63) is 0 Å². The molecule has 110 valence electrons. The quantitative estimate of drug-likeness (QED) is 0.820. The molecule has 0 aromatic heterocycles. The minimum absolute atomic E-state index is 0.141. The van der Waals surface area contributed by atoms with Crippen molar-refractivity contribution in [2.45, 2.75) is 51.6 Å². The van der Waals surface area contributed by atoms with Gasteiger partial charge in [0.2, 0.25) is 5.91 Å². The lowest BCUT2D eigenvalue weighted by molar-refractivity contribution is -0.139. The van der Waals surface area contributed by atoms with Crippen molar-refractivity contribution in [3.63, 3.8) is 0 Å². The number of rotatable bonds is 2. The first kappa shape index (κ1) is 14.8. The fourth-order valence-electron chi connectivity index (χ4n) is 3.46. The number of nitrogens with zero attached hydrogens (tertiary/aromatic N) is 2. The van der Waals surface area contributed by atoms with E-state index in [4.69, 9.17) is 5.73 Å². The molecule has 4 nitrogen and oxygen atoms in total. The van der Waals surface area contributed by atoms with Gasteiger partial charge in [-0.15, -0.1) is 0 Å². The van der Waals surface area contributed by atoms with Crippen LogP contribution in [0.5, 0.6) is 0 Å². The second kappa shape index (κ2) is 6.23. The Hall–Kier alpha value is -0.610. The van der Waals surface area contributed by atoms with E-state index in [1.807, 2.05) is 0 Å². The molecule has 4 unspecified atom stereocenters. The molecule has 19 heavy (non-hydrogen) atoms. The Labute approximate surface area is 117 Å². The molecule has 1 amide bonds. The van der Waals surface area contributed by atoms with Crippen LogP contribution in [0.2, 0.25) is 0 Å². The lowest BCUT2D eigenvalue weighted by Gasteiger charge is -2.40. The molecule has 1 heterocycles. The van der Waals surface area contributed by atoms with Gasteiger partial charge in [0.05, 0.1) is 0 Å². The maximum absolute atomic E-state index is 12.6. The van der Waals surface area contributed by atoms with Gasteiger partial charge in [-0.05, 0) is 39.2 Å². The van der Waals surface area contributed by atoms with E-state index in [-0.39, 0.29) is 5.92 Å². The largest absolute Gasteiger partial charge is 0.340 e.